The second kappa shape index (κ2) is 5.46. The molecule has 1 aliphatic heterocycles. The molecule has 0 aliphatic carbocycles. The molecule has 0 bridgehead atoms. The van der Waals surface area contributed by atoms with Crippen molar-refractivity contribution in [2.24, 2.45) is 0 Å². The maximum absolute atomic E-state index is 4.29. The zero-order chi connectivity index (χ0) is 11.4. The molecule has 1 aromatic heterocycles. The number of hydrogen-bond acceptors (Lipinski definition) is 3. The van der Waals surface area contributed by atoms with Crippen LogP contribution in [0.5, 0.6) is 0 Å². The summed E-state index contributed by atoms with van der Waals surface area (Å²) in [6.45, 7) is 7.70. The number of likely N-dealkylation sites (N-methyl/N-ethyl adjacent to an activating group) is 1. The van der Waals surface area contributed by atoms with Crippen molar-refractivity contribution in [3.05, 3.63) is 18.2 Å². The minimum absolute atomic E-state index is 0.662. The number of rotatable bonds is 5. The standard InChI is InChI=1S/C12H22N4/c1-3-15(2)6-7-16-10-14-9-12(16)11-4-5-13-8-11/h9-11,13H,3-8H2,1-2H3. The van der Waals surface area contributed by atoms with Crippen LogP contribution in [0.2, 0.25) is 0 Å². The van der Waals surface area contributed by atoms with Crippen LogP contribution in [0.4, 0.5) is 0 Å². The summed E-state index contributed by atoms with van der Waals surface area (Å²) < 4.78 is 2.31. The number of nitrogens with zero attached hydrogens (tertiary/aromatic N) is 3. The summed E-state index contributed by atoms with van der Waals surface area (Å²) in [7, 11) is 2.16. The number of hydrogen-bond donors (Lipinski definition) is 1. The van der Waals surface area contributed by atoms with Crippen molar-refractivity contribution >= 4 is 0 Å². The zero-order valence-electron chi connectivity index (χ0n) is 10.3. The van der Waals surface area contributed by atoms with Gasteiger partial charge in [0.05, 0.1) is 6.33 Å². The average molecular weight is 222 g/mol. The summed E-state index contributed by atoms with van der Waals surface area (Å²) in [5, 5.41) is 3.41. The fraction of sp³-hybridized carbons (Fsp3) is 0.750. The van der Waals surface area contributed by atoms with Gasteiger partial charge in [0.15, 0.2) is 0 Å². The predicted octanol–water partition coefficient (Wildman–Crippen LogP) is 0.912. The quantitative estimate of drug-likeness (QED) is 0.804. The van der Waals surface area contributed by atoms with E-state index >= 15 is 0 Å². The second-order valence-corrected chi connectivity index (χ2v) is 4.60. The van der Waals surface area contributed by atoms with Gasteiger partial charge in [-0.2, -0.15) is 0 Å². The molecule has 4 nitrogen and oxygen atoms in total. The molecule has 1 aromatic rings. The van der Waals surface area contributed by atoms with Crippen molar-refractivity contribution in [2.75, 3.05) is 33.2 Å². The van der Waals surface area contributed by atoms with Gasteiger partial charge in [-0.25, -0.2) is 4.98 Å². The van der Waals surface area contributed by atoms with E-state index < -0.39 is 0 Å². The first-order valence-corrected chi connectivity index (χ1v) is 6.20. The molecule has 0 radical (unpaired) electrons. The van der Waals surface area contributed by atoms with Gasteiger partial charge in [-0.05, 0) is 26.6 Å². The molecular formula is C12H22N4. The van der Waals surface area contributed by atoms with Gasteiger partial charge in [-0.1, -0.05) is 6.92 Å². The van der Waals surface area contributed by atoms with E-state index in [4.69, 9.17) is 0 Å². The Kier molecular flexibility index (Phi) is 3.96. The Morgan fingerprint density at radius 3 is 3.19 bits per heavy atom. The lowest BCUT2D eigenvalue weighted by molar-refractivity contribution is 0.332. The molecule has 0 amide bonds. The van der Waals surface area contributed by atoms with Gasteiger partial charge in [0.1, 0.15) is 0 Å². The number of imidazole rings is 1. The van der Waals surface area contributed by atoms with Gasteiger partial charge in [0, 0.05) is 37.4 Å². The van der Waals surface area contributed by atoms with E-state index in [0.29, 0.717) is 5.92 Å². The molecule has 0 aromatic carbocycles. The summed E-state index contributed by atoms with van der Waals surface area (Å²) in [5.41, 5.74) is 1.40. The maximum atomic E-state index is 4.29. The van der Waals surface area contributed by atoms with Crippen LogP contribution in [-0.2, 0) is 6.54 Å². The van der Waals surface area contributed by atoms with Crippen LogP contribution in [0.25, 0.3) is 0 Å². The van der Waals surface area contributed by atoms with Gasteiger partial charge in [0.25, 0.3) is 0 Å². The molecule has 1 N–H and O–H groups in total. The van der Waals surface area contributed by atoms with E-state index in [9.17, 15) is 0 Å². The predicted molar refractivity (Wildman–Crippen MR) is 65.6 cm³/mol. The van der Waals surface area contributed by atoms with Crippen molar-refractivity contribution in [3.63, 3.8) is 0 Å². The minimum Gasteiger partial charge on any atom is -0.333 e. The summed E-state index contributed by atoms with van der Waals surface area (Å²) in [6.07, 6.45) is 5.25. The monoisotopic (exact) mass is 222 g/mol. The van der Waals surface area contributed by atoms with Gasteiger partial charge >= 0.3 is 0 Å². The SMILES string of the molecule is CCN(C)CCn1cncc1C1CCNC1. The highest BCUT2D eigenvalue weighted by atomic mass is 15.1. The summed E-state index contributed by atoms with van der Waals surface area (Å²) >= 11 is 0. The van der Waals surface area contributed by atoms with Gasteiger partial charge in [-0.15, -0.1) is 0 Å². The Hall–Kier alpha value is -0.870. The van der Waals surface area contributed by atoms with Crippen molar-refractivity contribution in [2.45, 2.75) is 25.8 Å². The molecular weight excluding hydrogens is 200 g/mol. The highest BCUT2D eigenvalue weighted by Crippen LogP contribution is 2.21. The molecule has 1 unspecified atom stereocenters. The average Bonchev–Trinajstić information content (AvgIpc) is 2.95. The minimum atomic E-state index is 0.662. The van der Waals surface area contributed by atoms with Crippen molar-refractivity contribution in [3.8, 4) is 0 Å². The van der Waals surface area contributed by atoms with Crippen LogP contribution in [0.1, 0.15) is 25.0 Å². The first kappa shape index (κ1) is 11.6. The molecule has 2 heterocycles. The first-order valence-electron chi connectivity index (χ1n) is 6.20. The van der Waals surface area contributed by atoms with Crippen molar-refractivity contribution in [1.82, 2.24) is 19.8 Å². The summed E-state index contributed by atoms with van der Waals surface area (Å²) in [5.74, 6) is 0.662. The molecule has 90 valence electrons. The zero-order valence-corrected chi connectivity index (χ0v) is 10.3. The Labute approximate surface area is 97.7 Å². The summed E-state index contributed by atoms with van der Waals surface area (Å²) in [6, 6.07) is 0. The molecule has 0 saturated carbocycles. The summed E-state index contributed by atoms with van der Waals surface area (Å²) in [4.78, 5) is 6.62. The van der Waals surface area contributed by atoms with Crippen LogP contribution in [0, 0.1) is 0 Å². The van der Waals surface area contributed by atoms with Crippen LogP contribution in [-0.4, -0.2) is 47.7 Å². The van der Waals surface area contributed by atoms with E-state index in [1.54, 1.807) is 0 Å². The van der Waals surface area contributed by atoms with Crippen LogP contribution >= 0.6 is 0 Å². The van der Waals surface area contributed by atoms with Crippen LogP contribution in [0.3, 0.4) is 0 Å². The molecule has 16 heavy (non-hydrogen) atoms. The third-order valence-electron chi connectivity index (χ3n) is 3.49. The van der Waals surface area contributed by atoms with Crippen LogP contribution < -0.4 is 5.32 Å². The molecule has 0 spiro atoms. The molecule has 1 saturated heterocycles. The lowest BCUT2D eigenvalue weighted by Crippen LogP contribution is -2.23. The Bertz CT molecular complexity index is 315. The fourth-order valence-electron chi connectivity index (χ4n) is 2.20. The van der Waals surface area contributed by atoms with E-state index in [1.807, 2.05) is 12.5 Å². The smallest absolute Gasteiger partial charge is 0.0948 e. The second-order valence-electron chi connectivity index (χ2n) is 4.60. The Morgan fingerprint density at radius 2 is 2.50 bits per heavy atom. The Morgan fingerprint density at radius 1 is 1.62 bits per heavy atom. The largest absolute Gasteiger partial charge is 0.333 e. The van der Waals surface area contributed by atoms with Crippen molar-refractivity contribution in [1.29, 1.82) is 0 Å². The lowest BCUT2D eigenvalue weighted by Gasteiger charge is -2.17. The van der Waals surface area contributed by atoms with E-state index in [-0.39, 0.29) is 0 Å². The van der Waals surface area contributed by atoms with E-state index in [2.05, 4.69) is 33.7 Å². The van der Waals surface area contributed by atoms with Gasteiger partial charge < -0.3 is 14.8 Å². The number of aromatic nitrogens is 2. The fourth-order valence-corrected chi connectivity index (χ4v) is 2.20. The topological polar surface area (TPSA) is 33.1 Å². The first-order chi connectivity index (χ1) is 7.81. The van der Waals surface area contributed by atoms with Gasteiger partial charge in [0.2, 0.25) is 0 Å². The van der Waals surface area contributed by atoms with Crippen molar-refractivity contribution < 1.29 is 0 Å². The van der Waals surface area contributed by atoms with Crippen LogP contribution in [0.15, 0.2) is 12.5 Å². The van der Waals surface area contributed by atoms with E-state index in [0.717, 1.165) is 32.7 Å². The Balaban J connectivity index is 1.95. The molecule has 1 fully saturated rings. The third kappa shape index (κ3) is 2.62. The molecule has 1 aliphatic rings. The highest BCUT2D eigenvalue weighted by molar-refractivity contribution is 5.09. The molecule has 2 rings (SSSR count). The number of nitrogens with one attached hydrogen (secondary N) is 1. The normalized spacial score (nSPS) is 20.8. The third-order valence-corrected chi connectivity index (χ3v) is 3.49. The van der Waals surface area contributed by atoms with Gasteiger partial charge in [-0.3, -0.25) is 0 Å². The molecule has 1 atom stereocenters. The maximum Gasteiger partial charge on any atom is 0.0948 e. The van der Waals surface area contributed by atoms with E-state index in [1.165, 1.54) is 12.1 Å². The highest BCUT2D eigenvalue weighted by Gasteiger charge is 2.19. The molecule has 4 heteroatoms. The lowest BCUT2D eigenvalue weighted by atomic mass is 10.1.